The van der Waals surface area contributed by atoms with E-state index in [1.165, 1.54) is 0 Å². The number of likely N-dealkylation sites (N-methyl/N-ethyl adjacent to an activating group) is 1. The van der Waals surface area contributed by atoms with E-state index in [0.717, 1.165) is 6.42 Å². The number of hydrogen-bond acceptors (Lipinski definition) is 5. The van der Waals surface area contributed by atoms with Gasteiger partial charge in [0.25, 0.3) is 0 Å². The van der Waals surface area contributed by atoms with Crippen LogP contribution in [-0.4, -0.2) is 47.0 Å². The molecular formula is C14H22N4O2. The molecule has 1 amide bonds. The lowest BCUT2D eigenvalue weighted by Crippen LogP contribution is -2.43. The molecule has 6 heteroatoms. The molecule has 1 aliphatic heterocycles. The fourth-order valence-corrected chi connectivity index (χ4v) is 2.08. The summed E-state index contributed by atoms with van der Waals surface area (Å²) < 4.78 is 5.56. The summed E-state index contributed by atoms with van der Waals surface area (Å²) in [5.41, 5.74) is 0. The Labute approximate surface area is 119 Å². The molecule has 0 spiro atoms. The highest BCUT2D eigenvalue weighted by Gasteiger charge is 2.22. The number of ether oxygens (including phenoxy) is 1. The van der Waals surface area contributed by atoms with Crippen molar-refractivity contribution in [3.63, 3.8) is 0 Å². The second-order valence-corrected chi connectivity index (χ2v) is 5.60. The maximum Gasteiger partial charge on any atom is 0.234 e. The van der Waals surface area contributed by atoms with Crippen LogP contribution < -0.4 is 10.1 Å². The second-order valence-electron chi connectivity index (χ2n) is 5.60. The zero-order valence-electron chi connectivity index (χ0n) is 12.3. The molecule has 0 radical (unpaired) electrons. The van der Waals surface area contributed by atoms with E-state index in [-0.39, 0.29) is 11.9 Å². The van der Waals surface area contributed by atoms with Crippen LogP contribution in [0.25, 0.3) is 0 Å². The van der Waals surface area contributed by atoms with E-state index in [2.05, 4.69) is 29.1 Å². The summed E-state index contributed by atoms with van der Waals surface area (Å²) in [4.78, 5) is 21.7. The van der Waals surface area contributed by atoms with Crippen LogP contribution in [0.1, 0.15) is 26.7 Å². The first-order valence-electron chi connectivity index (χ1n) is 7.00. The molecule has 0 bridgehead atoms. The Hall–Kier alpha value is -1.85. The summed E-state index contributed by atoms with van der Waals surface area (Å²) in [6, 6.07) is 0.215. The quantitative estimate of drug-likeness (QED) is 0.885. The molecule has 6 nitrogen and oxygen atoms in total. The monoisotopic (exact) mass is 278 g/mol. The minimum Gasteiger partial charge on any atom is -0.476 e. The molecule has 2 heterocycles. The van der Waals surface area contributed by atoms with Crippen molar-refractivity contribution < 1.29 is 9.53 Å². The van der Waals surface area contributed by atoms with E-state index in [1.54, 1.807) is 17.3 Å². The van der Waals surface area contributed by atoms with Crippen molar-refractivity contribution in [3.05, 3.63) is 12.4 Å². The third kappa shape index (κ3) is 4.08. The maximum atomic E-state index is 11.4. The van der Waals surface area contributed by atoms with Crippen molar-refractivity contribution in [1.82, 2.24) is 14.9 Å². The zero-order chi connectivity index (χ0) is 14.5. The molecule has 0 aliphatic carbocycles. The first-order valence-corrected chi connectivity index (χ1v) is 7.00. The lowest BCUT2D eigenvalue weighted by Gasteiger charge is -2.30. The lowest BCUT2D eigenvalue weighted by molar-refractivity contribution is -0.132. The van der Waals surface area contributed by atoms with Gasteiger partial charge >= 0.3 is 0 Å². The molecule has 1 N–H and O–H groups in total. The molecule has 1 atom stereocenters. The third-order valence-corrected chi connectivity index (χ3v) is 3.16. The summed E-state index contributed by atoms with van der Waals surface area (Å²) in [6.45, 7) is 5.49. The number of hydrogen-bond donors (Lipinski definition) is 1. The van der Waals surface area contributed by atoms with Crippen LogP contribution in [0.3, 0.4) is 0 Å². The minimum atomic E-state index is 0.197. The Morgan fingerprint density at radius 2 is 2.30 bits per heavy atom. The number of likely N-dealkylation sites (tertiary alicyclic amines) is 1. The van der Waals surface area contributed by atoms with Gasteiger partial charge in [-0.05, 0) is 12.3 Å². The van der Waals surface area contributed by atoms with E-state index < -0.39 is 0 Å². The third-order valence-electron chi connectivity index (χ3n) is 3.16. The van der Waals surface area contributed by atoms with Gasteiger partial charge in [0.1, 0.15) is 5.82 Å². The topological polar surface area (TPSA) is 67.3 Å². The van der Waals surface area contributed by atoms with Gasteiger partial charge in [-0.1, -0.05) is 13.8 Å². The number of aromatic nitrogens is 2. The van der Waals surface area contributed by atoms with Gasteiger partial charge in [0, 0.05) is 26.1 Å². The summed E-state index contributed by atoms with van der Waals surface area (Å²) in [5.74, 6) is 1.87. The summed E-state index contributed by atoms with van der Waals surface area (Å²) >= 11 is 0. The Kier molecular flexibility index (Phi) is 4.76. The molecule has 20 heavy (non-hydrogen) atoms. The van der Waals surface area contributed by atoms with Gasteiger partial charge in [0.2, 0.25) is 11.8 Å². The van der Waals surface area contributed by atoms with E-state index in [0.29, 0.717) is 37.2 Å². The van der Waals surface area contributed by atoms with E-state index >= 15 is 0 Å². The fraction of sp³-hybridized carbons (Fsp3) is 0.643. The maximum absolute atomic E-state index is 11.4. The molecule has 1 aliphatic rings. The van der Waals surface area contributed by atoms with Crippen molar-refractivity contribution in [2.45, 2.75) is 32.7 Å². The number of piperidine rings is 1. The Balaban J connectivity index is 1.92. The Bertz CT molecular complexity index is 464. The van der Waals surface area contributed by atoms with Crippen molar-refractivity contribution in [2.24, 2.45) is 5.92 Å². The summed E-state index contributed by atoms with van der Waals surface area (Å²) in [5, 5.41) is 3.31. The van der Waals surface area contributed by atoms with E-state index in [1.807, 2.05) is 7.05 Å². The number of carbonyl (C=O) groups excluding carboxylic acids is 1. The molecule has 0 aromatic carbocycles. The van der Waals surface area contributed by atoms with Crippen molar-refractivity contribution in [1.29, 1.82) is 0 Å². The molecule has 1 saturated heterocycles. The molecule has 1 aromatic heterocycles. The van der Waals surface area contributed by atoms with Gasteiger partial charge in [0.05, 0.1) is 19.0 Å². The van der Waals surface area contributed by atoms with Crippen molar-refractivity contribution in [2.75, 3.05) is 25.5 Å². The summed E-state index contributed by atoms with van der Waals surface area (Å²) in [6.07, 6.45) is 4.69. The van der Waals surface area contributed by atoms with Crippen LogP contribution in [-0.2, 0) is 4.79 Å². The van der Waals surface area contributed by atoms with Gasteiger partial charge in [0.15, 0.2) is 0 Å². The zero-order valence-corrected chi connectivity index (χ0v) is 12.3. The molecule has 0 saturated carbocycles. The number of anilines is 1. The molecule has 1 unspecified atom stereocenters. The number of amides is 1. The second kappa shape index (κ2) is 6.54. The van der Waals surface area contributed by atoms with Crippen LogP contribution in [0, 0.1) is 5.92 Å². The highest BCUT2D eigenvalue weighted by atomic mass is 16.5. The minimum absolute atomic E-state index is 0.197. The van der Waals surface area contributed by atoms with Gasteiger partial charge in [-0.25, -0.2) is 0 Å². The summed E-state index contributed by atoms with van der Waals surface area (Å²) in [7, 11) is 1.82. The highest BCUT2D eigenvalue weighted by molar-refractivity contribution is 5.76. The number of rotatable bonds is 5. The Morgan fingerprint density at radius 3 is 3.00 bits per heavy atom. The fourth-order valence-electron chi connectivity index (χ4n) is 2.08. The molecule has 2 rings (SSSR count). The first kappa shape index (κ1) is 14.6. The van der Waals surface area contributed by atoms with E-state index in [9.17, 15) is 4.79 Å². The molecule has 1 fully saturated rings. The molecule has 110 valence electrons. The molecular weight excluding hydrogens is 256 g/mol. The highest BCUT2D eigenvalue weighted by Crippen LogP contribution is 2.16. The van der Waals surface area contributed by atoms with Crippen LogP contribution in [0.5, 0.6) is 5.88 Å². The standard InChI is InChI=1S/C14H22N4O2/c1-10(2)9-20-13-7-15-6-12(17-13)16-11-4-5-14(19)18(3)8-11/h6-7,10-11H,4-5,8-9H2,1-3H3,(H,16,17). The predicted molar refractivity (Wildman–Crippen MR) is 76.6 cm³/mol. The van der Waals surface area contributed by atoms with Crippen LogP contribution in [0.2, 0.25) is 0 Å². The number of carbonyl (C=O) groups is 1. The Morgan fingerprint density at radius 1 is 1.50 bits per heavy atom. The number of nitrogens with zero attached hydrogens (tertiary/aromatic N) is 3. The smallest absolute Gasteiger partial charge is 0.234 e. The van der Waals surface area contributed by atoms with E-state index in [4.69, 9.17) is 4.74 Å². The number of nitrogens with one attached hydrogen (secondary N) is 1. The van der Waals surface area contributed by atoms with Gasteiger partial charge in [-0.2, -0.15) is 4.98 Å². The predicted octanol–water partition coefficient (Wildman–Crippen LogP) is 1.54. The van der Waals surface area contributed by atoms with Gasteiger partial charge in [-0.3, -0.25) is 9.78 Å². The van der Waals surface area contributed by atoms with Crippen LogP contribution >= 0.6 is 0 Å². The lowest BCUT2D eigenvalue weighted by atomic mass is 10.1. The van der Waals surface area contributed by atoms with Crippen LogP contribution in [0.4, 0.5) is 5.82 Å². The normalized spacial score (nSPS) is 19.3. The average molecular weight is 278 g/mol. The average Bonchev–Trinajstić information content (AvgIpc) is 2.41. The van der Waals surface area contributed by atoms with Gasteiger partial charge in [-0.15, -0.1) is 0 Å². The van der Waals surface area contributed by atoms with Crippen molar-refractivity contribution in [3.8, 4) is 5.88 Å². The van der Waals surface area contributed by atoms with Crippen LogP contribution in [0.15, 0.2) is 12.4 Å². The first-order chi connectivity index (χ1) is 9.54. The largest absolute Gasteiger partial charge is 0.476 e. The van der Waals surface area contributed by atoms with Crippen molar-refractivity contribution >= 4 is 11.7 Å². The molecule has 1 aromatic rings. The SMILES string of the molecule is CC(C)COc1cncc(NC2CCC(=O)N(C)C2)n1. The van der Waals surface area contributed by atoms with Gasteiger partial charge < -0.3 is 15.0 Å².